The molecular weight excluding hydrogens is 511 g/mol. The monoisotopic (exact) mass is 531 g/mol. The molecule has 1 amide bonds. The van der Waals surface area contributed by atoms with Crippen LogP contribution in [0, 0.1) is 6.92 Å². The summed E-state index contributed by atoms with van der Waals surface area (Å²) in [7, 11) is 0. The molecule has 13 heteroatoms. The molecule has 0 bridgehead atoms. The van der Waals surface area contributed by atoms with Gasteiger partial charge in [0.2, 0.25) is 0 Å². The highest BCUT2D eigenvalue weighted by Crippen LogP contribution is 2.39. The predicted octanol–water partition coefficient (Wildman–Crippen LogP) is 4.41. The summed E-state index contributed by atoms with van der Waals surface area (Å²) in [6, 6.07) is 10.5. The molecule has 39 heavy (non-hydrogen) atoms. The molecule has 6 rings (SSSR count). The topological polar surface area (TPSA) is 126 Å². The lowest BCUT2D eigenvalue weighted by Gasteiger charge is -2.19. The summed E-state index contributed by atoms with van der Waals surface area (Å²) in [6.07, 6.45) is -0.312. The third kappa shape index (κ3) is 4.69. The van der Waals surface area contributed by atoms with Gasteiger partial charge in [-0.05, 0) is 48.4 Å². The zero-order valence-corrected chi connectivity index (χ0v) is 20.4. The number of carbonyl (C=O) groups excluding carboxylic acids is 1. The minimum absolute atomic E-state index is 0.296. The van der Waals surface area contributed by atoms with Crippen molar-refractivity contribution in [1.82, 2.24) is 29.7 Å². The van der Waals surface area contributed by atoms with Gasteiger partial charge in [-0.3, -0.25) is 14.9 Å². The predicted molar refractivity (Wildman–Crippen MR) is 136 cm³/mol. The van der Waals surface area contributed by atoms with Crippen LogP contribution in [-0.2, 0) is 12.7 Å². The number of hydrogen-bond donors (Lipinski definition) is 3. The Morgan fingerprint density at radius 1 is 1.08 bits per heavy atom. The van der Waals surface area contributed by atoms with Crippen molar-refractivity contribution in [1.29, 1.82) is 0 Å². The van der Waals surface area contributed by atoms with Crippen LogP contribution in [0.2, 0.25) is 0 Å². The Bertz CT molecular complexity index is 1740. The van der Waals surface area contributed by atoms with Crippen LogP contribution in [0.15, 0.2) is 66.0 Å². The van der Waals surface area contributed by atoms with Gasteiger partial charge >= 0.3 is 6.18 Å². The van der Waals surface area contributed by atoms with Crippen molar-refractivity contribution in [2.45, 2.75) is 19.6 Å². The number of carbonyl (C=O) groups is 1. The van der Waals surface area contributed by atoms with Crippen molar-refractivity contribution in [3.05, 3.63) is 83.5 Å². The Kier molecular flexibility index (Phi) is 5.82. The molecule has 0 radical (unpaired) electrons. The van der Waals surface area contributed by atoms with Crippen LogP contribution >= 0.6 is 0 Å². The largest absolute Gasteiger partial charge is 0.416 e. The molecule has 0 saturated carbocycles. The van der Waals surface area contributed by atoms with E-state index >= 15 is 0 Å². The first-order valence-corrected chi connectivity index (χ1v) is 11.9. The molecule has 0 unspecified atom stereocenters. The first kappa shape index (κ1) is 24.3. The Labute approximate surface area is 219 Å². The van der Waals surface area contributed by atoms with Gasteiger partial charge in [-0.25, -0.2) is 4.98 Å². The lowest BCUT2D eigenvalue weighted by atomic mass is 9.98. The van der Waals surface area contributed by atoms with Crippen molar-refractivity contribution < 1.29 is 18.0 Å². The third-order valence-electron chi connectivity index (χ3n) is 6.30. The number of aryl methyl sites for hydroxylation is 1. The second-order valence-corrected chi connectivity index (χ2v) is 8.90. The molecule has 10 nitrogen and oxygen atoms in total. The number of alkyl halides is 3. The zero-order chi connectivity index (χ0) is 27.1. The fourth-order valence-corrected chi connectivity index (χ4v) is 4.45. The van der Waals surface area contributed by atoms with Crippen LogP contribution in [0.1, 0.15) is 21.6 Å². The number of fused-ring (bicyclic) bond motifs is 3. The number of aromatic amines is 1. The summed E-state index contributed by atoms with van der Waals surface area (Å²) in [4.78, 5) is 29.9. The van der Waals surface area contributed by atoms with Crippen molar-refractivity contribution >= 4 is 23.2 Å². The van der Waals surface area contributed by atoms with E-state index in [2.05, 4.69) is 45.3 Å². The molecule has 1 aromatic carbocycles. The number of anilines is 2. The number of hydrogen-bond acceptors (Lipinski definition) is 7. The highest BCUT2D eigenvalue weighted by atomic mass is 19.4. The summed E-state index contributed by atoms with van der Waals surface area (Å²) in [5.74, 6) is 1.36. The third-order valence-corrected chi connectivity index (χ3v) is 6.30. The summed E-state index contributed by atoms with van der Waals surface area (Å²) in [6.45, 7) is 3.31. The van der Waals surface area contributed by atoms with Gasteiger partial charge in [0, 0.05) is 48.4 Å². The maximum atomic E-state index is 13.1. The Balaban J connectivity index is 1.38. The molecule has 3 aliphatic heterocycles. The van der Waals surface area contributed by atoms with Crippen LogP contribution in [-0.4, -0.2) is 42.2 Å². The van der Waals surface area contributed by atoms with E-state index in [4.69, 9.17) is 0 Å². The molecule has 2 aromatic heterocycles. The van der Waals surface area contributed by atoms with E-state index in [0.29, 0.717) is 36.0 Å². The van der Waals surface area contributed by atoms with Gasteiger partial charge < -0.3 is 15.2 Å². The van der Waals surface area contributed by atoms with Crippen LogP contribution in [0.5, 0.6) is 0 Å². The number of aromatic nitrogens is 6. The van der Waals surface area contributed by atoms with Gasteiger partial charge in [-0.1, -0.05) is 6.07 Å². The number of nitrogens with one attached hydrogen (secondary N) is 3. The highest BCUT2D eigenvalue weighted by Gasteiger charge is 2.31. The maximum Gasteiger partial charge on any atom is 0.416 e. The van der Waals surface area contributed by atoms with Crippen LogP contribution in [0.25, 0.3) is 22.5 Å². The highest BCUT2D eigenvalue weighted by molar-refractivity contribution is 6.03. The van der Waals surface area contributed by atoms with Crippen molar-refractivity contribution in [2.24, 2.45) is 4.99 Å². The first-order valence-electron chi connectivity index (χ1n) is 11.9. The second kappa shape index (κ2) is 9.35. The van der Waals surface area contributed by atoms with E-state index in [9.17, 15) is 18.0 Å². The van der Waals surface area contributed by atoms with E-state index in [1.807, 2.05) is 19.1 Å². The van der Waals surface area contributed by atoms with Gasteiger partial charge in [0.1, 0.15) is 17.3 Å². The number of nitrogens with zero attached hydrogens (tertiary/aromatic N) is 6. The van der Waals surface area contributed by atoms with Gasteiger partial charge in [0.25, 0.3) is 11.5 Å². The Hall–Kier alpha value is -5.07. The molecule has 196 valence electrons. The van der Waals surface area contributed by atoms with E-state index in [0.717, 1.165) is 46.4 Å². The van der Waals surface area contributed by atoms with Crippen LogP contribution < -0.4 is 16.3 Å². The quantitative estimate of drug-likeness (QED) is 0.316. The molecule has 0 aliphatic carbocycles. The average Bonchev–Trinajstić information content (AvgIpc) is 3.62. The molecule has 0 fully saturated rings. The number of pyridine rings is 2. The fraction of sp³-hybridized carbons (Fsp3) is 0.154. The molecule has 3 aliphatic rings. The van der Waals surface area contributed by atoms with Gasteiger partial charge in [-0.15, -0.1) is 0 Å². The minimum Gasteiger partial charge on any atom is -0.369 e. The number of H-pyrrole nitrogens is 1. The lowest BCUT2D eigenvalue weighted by molar-refractivity contribution is -0.137. The summed E-state index contributed by atoms with van der Waals surface area (Å²) in [5, 5.41) is 12.7. The van der Waals surface area contributed by atoms with E-state index in [1.54, 1.807) is 30.6 Å². The first-order chi connectivity index (χ1) is 18.8. The normalized spacial score (nSPS) is 13.4. The minimum atomic E-state index is -4.58. The van der Waals surface area contributed by atoms with Crippen molar-refractivity contribution in [3.8, 4) is 22.5 Å². The van der Waals surface area contributed by atoms with E-state index in [-0.39, 0.29) is 5.69 Å². The number of halogens is 3. The number of rotatable bonds is 4. The lowest BCUT2D eigenvalue weighted by Crippen LogP contribution is -2.17. The summed E-state index contributed by atoms with van der Waals surface area (Å²) >= 11 is 0. The smallest absolute Gasteiger partial charge is 0.369 e. The molecule has 0 atom stereocenters. The van der Waals surface area contributed by atoms with Gasteiger partial charge in [0.05, 0.1) is 11.8 Å². The van der Waals surface area contributed by atoms with E-state index in [1.165, 1.54) is 0 Å². The van der Waals surface area contributed by atoms with Crippen molar-refractivity contribution in [2.75, 3.05) is 17.2 Å². The summed E-state index contributed by atoms with van der Waals surface area (Å²) in [5.41, 5.74) is 2.88. The van der Waals surface area contributed by atoms with Crippen LogP contribution in [0.3, 0.4) is 0 Å². The zero-order valence-electron chi connectivity index (χ0n) is 20.4. The standard InChI is InChI=1S/C26H20F3N9O/c1-14-2-3-17(34-24(39)20-11-16(4-6-30-20)26(27,28)29)12-18(14)19-10-15-13-32-25(35-21-5-7-33-37-21)36-22(15)38-9-8-31-23(19)38/h2-7,10-13,31H,8-9H2,1H3,(H,33,37)(H,34,39). The molecule has 5 heterocycles. The average molecular weight is 532 g/mol. The number of benzene rings is 1. The molecule has 0 saturated heterocycles. The van der Waals surface area contributed by atoms with E-state index < -0.39 is 17.6 Å². The molecule has 0 spiro atoms. The van der Waals surface area contributed by atoms with Gasteiger partial charge in [-0.2, -0.15) is 28.2 Å². The van der Waals surface area contributed by atoms with Crippen LogP contribution in [0.4, 0.5) is 30.5 Å². The fourth-order valence-electron chi connectivity index (χ4n) is 4.45. The molecule has 3 N–H and O–H groups in total. The van der Waals surface area contributed by atoms with Crippen molar-refractivity contribution in [3.63, 3.8) is 0 Å². The Morgan fingerprint density at radius 2 is 1.95 bits per heavy atom. The molecule has 3 aromatic rings. The number of amides is 1. The molecular formula is C26H20F3N9O. The second-order valence-electron chi connectivity index (χ2n) is 8.90. The maximum absolute atomic E-state index is 13.1. The SMILES string of the molecule is Cc1ccc(NC(=O)c2cc(C(F)(F)F)ccn2)cc1-c1cc2cnc(=Nc3ccn[nH]3)nc-2n2c1NCC2. The van der Waals surface area contributed by atoms with Gasteiger partial charge in [0.15, 0.2) is 5.82 Å². The Morgan fingerprint density at radius 3 is 2.74 bits per heavy atom. The summed E-state index contributed by atoms with van der Waals surface area (Å²) < 4.78 is 41.3.